The fraction of sp³-hybridized carbons (Fsp3) is 0.559. The zero-order valence-electron chi connectivity index (χ0n) is 25.0. The van der Waals surface area contributed by atoms with Crippen LogP contribution in [0.5, 0.6) is 5.75 Å². The molecule has 1 heterocycles. The van der Waals surface area contributed by atoms with Crippen LogP contribution in [-0.4, -0.2) is 31.1 Å². The normalized spacial score (nSPS) is 17.4. The minimum Gasteiger partial charge on any atom is -0.497 e. The quantitative estimate of drug-likeness (QED) is 0.230. The lowest BCUT2D eigenvalue weighted by atomic mass is 9.78. The fourth-order valence-corrected chi connectivity index (χ4v) is 6.53. The largest absolute Gasteiger partial charge is 0.497 e. The Kier molecular flexibility index (Phi) is 13.7. The molecule has 1 aliphatic carbocycles. The maximum Gasteiger partial charge on any atom is 0.150 e. The first-order valence-corrected chi connectivity index (χ1v) is 16.1. The number of hydrogen-bond donors (Lipinski definition) is 1. The number of rotatable bonds is 13. The van der Waals surface area contributed by atoms with Crippen LogP contribution in [0.15, 0.2) is 60.3 Å². The molecule has 1 aromatic heterocycles. The molecule has 0 radical (unpaired) electrons. The van der Waals surface area contributed by atoms with Gasteiger partial charge >= 0.3 is 0 Å². The smallest absolute Gasteiger partial charge is 0.150 e. The van der Waals surface area contributed by atoms with Gasteiger partial charge in [-0.3, -0.25) is 0 Å². The third-order valence-electron chi connectivity index (χ3n) is 7.83. The van der Waals surface area contributed by atoms with E-state index in [9.17, 15) is 0 Å². The molecule has 1 saturated carbocycles. The van der Waals surface area contributed by atoms with Crippen LogP contribution in [-0.2, 0) is 6.42 Å². The second-order valence-electron chi connectivity index (χ2n) is 10.7. The molecule has 4 rings (SSSR count). The van der Waals surface area contributed by atoms with Crippen molar-refractivity contribution >= 4 is 27.4 Å². The Labute approximate surface area is 242 Å². The van der Waals surface area contributed by atoms with Crippen LogP contribution >= 0.6 is 11.5 Å². The van der Waals surface area contributed by atoms with Crippen LogP contribution in [0.2, 0.25) is 0 Å². The second-order valence-corrected chi connectivity index (χ2v) is 11.6. The van der Waals surface area contributed by atoms with Crippen molar-refractivity contribution in [3.8, 4) is 5.75 Å². The standard InChI is InChI=1S/C21H33NO.C13H18N2S/c1-4-8-20(15-17-11-13-21(23-3)14-12-17)22-16-19-10-7-6-9-18(19)5-2;1-3-9-15(10-4-2)13-11-7-5-6-8-12(11)16-14-13/h8,11-14,18-19,22H,4-7,9-10,15-16H2,1-3H3;5-8H,3-4,9-10H2,1-2H3/b20-8+;. The molecule has 2 aromatic carbocycles. The second kappa shape index (κ2) is 17.2. The Bertz CT molecular complexity index is 1100. The van der Waals surface area contributed by atoms with Gasteiger partial charge in [-0.2, -0.15) is 4.37 Å². The molecular weight excluding hydrogens is 498 g/mol. The first-order valence-electron chi connectivity index (χ1n) is 15.3. The zero-order chi connectivity index (χ0) is 27.9. The van der Waals surface area contributed by atoms with E-state index < -0.39 is 0 Å². The maximum absolute atomic E-state index is 5.24. The molecule has 39 heavy (non-hydrogen) atoms. The molecule has 1 N–H and O–H groups in total. The van der Waals surface area contributed by atoms with Crippen molar-refractivity contribution in [3.05, 3.63) is 65.9 Å². The van der Waals surface area contributed by atoms with E-state index in [-0.39, 0.29) is 0 Å². The van der Waals surface area contributed by atoms with Gasteiger partial charge in [0.1, 0.15) is 11.6 Å². The van der Waals surface area contributed by atoms with Gasteiger partial charge in [-0.15, -0.1) is 0 Å². The van der Waals surface area contributed by atoms with E-state index in [1.54, 1.807) is 18.6 Å². The number of aromatic nitrogens is 1. The topological polar surface area (TPSA) is 37.4 Å². The Morgan fingerprint density at radius 2 is 1.67 bits per heavy atom. The summed E-state index contributed by atoms with van der Waals surface area (Å²) in [7, 11) is 1.72. The third kappa shape index (κ3) is 9.56. The lowest BCUT2D eigenvalue weighted by molar-refractivity contribution is 0.227. The molecule has 5 heteroatoms. The third-order valence-corrected chi connectivity index (χ3v) is 8.65. The molecule has 4 nitrogen and oxygen atoms in total. The number of fused-ring (bicyclic) bond motifs is 1. The summed E-state index contributed by atoms with van der Waals surface area (Å²) in [5, 5.41) is 5.06. The van der Waals surface area contributed by atoms with Crippen molar-refractivity contribution in [3.63, 3.8) is 0 Å². The summed E-state index contributed by atoms with van der Waals surface area (Å²) in [4.78, 5) is 2.40. The van der Waals surface area contributed by atoms with E-state index in [1.807, 2.05) is 12.1 Å². The highest BCUT2D eigenvalue weighted by Crippen LogP contribution is 2.32. The molecule has 2 atom stereocenters. The number of allylic oxidation sites excluding steroid dienone is 2. The van der Waals surface area contributed by atoms with E-state index in [0.717, 1.165) is 50.1 Å². The van der Waals surface area contributed by atoms with Crippen molar-refractivity contribution in [1.29, 1.82) is 0 Å². The minimum atomic E-state index is 0.852. The van der Waals surface area contributed by atoms with Crippen LogP contribution in [0.1, 0.15) is 84.6 Å². The molecule has 2 unspecified atom stereocenters. The van der Waals surface area contributed by atoms with Crippen LogP contribution in [0.3, 0.4) is 0 Å². The molecule has 0 aliphatic heterocycles. The Hall–Kier alpha value is -2.53. The minimum absolute atomic E-state index is 0.852. The Balaban J connectivity index is 0.000000230. The predicted molar refractivity (Wildman–Crippen MR) is 171 cm³/mol. The number of nitrogens with one attached hydrogen (secondary N) is 1. The van der Waals surface area contributed by atoms with E-state index in [4.69, 9.17) is 4.74 Å². The SMILES string of the molecule is CC/C=C(\Cc1ccc(OC)cc1)NCC1CCCCC1CC.CCCN(CCC)c1nsc2ccccc12. The highest BCUT2D eigenvalue weighted by atomic mass is 32.1. The molecule has 1 aliphatic rings. The number of nitrogens with zero attached hydrogens (tertiary/aromatic N) is 2. The van der Waals surface area contributed by atoms with Crippen molar-refractivity contribution in [2.75, 3.05) is 31.6 Å². The van der Waals surface area contributed by atoms with E-state index in [1.165, 1.54) is 72.1 Å². The summed E-state index contributed by atoms with van der Waals surface area (Å²) < 4.78 is 11.1. The van der Waals surface area contributed by atoms with Crippen LogP contribution in [0, 0.1) is 11.8 Å². The maximum atomic E-state index is 5.24. The number of ether oxygens (including phenoxy) is 1. The number of hydrogen-bond acceptors (Lipinski definition) is 5. The summed E-state index contributed by atoms with van der Waals surface area (Å²) >= 11 is 1.60. The van der Waals surface area contributed by atoms with Crippen LogP contribution in [0.25, 0.3) is 10.1 Å². The molecule has 3 aromatic rings. The first-order chi connectivity index (χ1) is 19.1. The van der Waals surface area contributed by atoms with Gasteiger partial charge in [0.2, 0.25) is 0 Å². The lowest BCUT2D eigenvalue weighted by Crippen LogP contribution is -2.30. The first kappa shape index (κ1) is 31.0. The van der Waals surface area contributed by atoms with Gasteiger partial charge in [-0.05, 0) is 78.9 Å². The molecule has 0 spiro atoms. The molecule has 214 valence electrons. The lowest BCUT2D eigenvalue weighted by Gasteiger charge is -2.31. The van der Waals surface area contributed by atoms with Crippen LogP contribution < -0.4 is 15.0 Å². The summed E-state index contributed by atoms with van der Waals surface area (Å²) in [6, 6.07) is 16.9. The number of anilines is 1. The number of methoxy groups -OCH3 is 1. The Morgan fingerprint density at radius 1 is 0.974 bits per heavy atom. The van der Waals surface area contributed by atoms with E-state index in [0.29, 0.717) is 0 Å². The molecule has 1 fully saturated rings. The average Bonchev–Trinajstić information content (AvgIpc) is 3.41. The molecular formula is C34H51N3OS. The fourth-order valence-electron chi connectivity index (χ4n) is 5.73. The summed E-state index contributed by atoms with van der Waals surface area (Å²) in [6.45, 7) is 12.3. The summed E-state index contributed by atoms with van der Waals surface area (Å²) in [5.41, 5.74) is 2.71. The summed E-state index contributed by atoms with van der Waals surface area (Å²) in [5.74, 6) is 3.87. The van der Waals surface area contributed by atoms with Crippen molar-refractivity contribution in [2.45, 2.75) is 85.5 Å². The van der Waals surface area contributed by atoms with E-state index in [2.05, 4.69) is 84.8 Å². The van der Waals surface area contributed by atoms with Gasteiger partial charge in [0.05, 0.1) is 11.8 Å². The molecule has 0 bridgehead atoms. The van der Waals surface area contributed by atoms with Gasteiger partial charge < -0.3 is 15.0 Å². The van der Waals surface area contributed by atoms with Gasteiger partial charge in [-0.25, -0.2) is 0 Å². The highest BCUT2D eigenvalue weighted by Gasteiger charge is 2.23. The van der Waals surface area contributed by atoms with Gasteiger partial charge in [0, 0.05) is 37.1 Å². The van der Waals surface area contributed by atoms with Crippen molar-refractivity contribution in [1.82, 2.24) is 9.69 Å². The molecule has 0 saturated heterocycles. The number of benzene rings is 2. The van der Waals surface area contributed by atoms with E-state index >= 15 is 0 Å². The zero-order valence-corrected chi connectivity index (χ0v) is 25.9. The average molecular weight is 550 g/mol. The van der Waals surface area contributed by atoms with Crippen molar-refractivity contribution in [2.24, 2.45) is 11.8 Å². The molecule has 0 amide bonds. The van der Waals surface area contributed by atoms with Gasteiger partial charge in [0.25, 0.3) is 0 Å². The van der Waals surface area contributed by atoms with Crippen LogP contribution in [0.4, 0.5) is 5.82 Å². The van der Waals surface area contributed by atoms with Gasteiger partial charge in [-0.1, -0.05) is 83.7 Å². The Morgan fingerprint density at radius 3 is 2.31 bits per heavy atom. The monoisotopic (exact) mass is 549 g/mol. The summed E-state index contributed by atoms with van der Waals surface area (Å²) in [6.07, 6.45) is 13.7. The predicted octanol–water partition coefficient (Wildman–Crippen LogP) is 9.26. The van der Waals surface area contributed by atoms with Gasteiger partial charge in [0.15, 0.2) is 0 Å². The van der Waals surface area contributed by atoms with Crippen molar-refractivity contribution < 1.29 is 4.74 Å². The highest BCUT2D eigenvalue weighted by molar-refractivity contribution is 7.13.